The first-order chi connectivity index (χ1) is 16.0. The first-order valence-electron chi connectivity index (χ1n) is 10.5. The van der Waals surface area contributed by atoms with Gasteiger partial charge in [-0.15, -0.1) is 0 Å². The van der Waals surface area contributed by atoms with E-state index in [2.05, 4.69) is 9.97 Å². The first kappa shape index (κ1) is 25.8. The zero-order valence-corrected chi connectivity index (χ0v) is 20.0. The lowest BCUT2D eigenvalue weighted by atomic mass is 10.1. The Hall–Kier alpha value is -2.79. The molecule has 0 aliphatic rings. The second kappa shape index (κ2) is 10.6. The summed E-state index contributed by atoms with van der Waals surface area (Å²) < 4.78 is 40.6. The van der Waals surface area contributed by atoms with Crippen molar-refractivity contribution in [1.82, 2.24) is 19.4 Å². The van der Waals surface area contributed by atoms with Gasteiger partial charge in [0.1, 0.15) is 5.03 Å². The number of nitrogens with zero attached hydrogens (tertiary/aromatic N) is 4. The van der Waals surface area contributed by atoms with Crippen LogP contribution in [0.3, 0.4) is 0 Å². The van der Waals surface area contributed by atoms with E-state index in [1.54, 1.807) is 27.7 Å². The van der Waals surface area contributed by atoms with E-state index in [1.807, 2.05) is 13.8 Å². The number of alkyl halides is 3. The van der Waals surface area contributed by atoms with Gasteiger partial charge in [-0.05, 0) is 56.3 Å². The van der Waals surface area contributed by atoms with Crippen molar-refractivity contribution in [2.24, 2.45) is 0 Å². The van der Waals surface area contributed by atoms with Gasteiger partial charge in [-0.2, -0.15) is 13.2 Å². The Labute approximate surface area is 202 Å². The second-order valence-corrected chi connectivity index (χ2v) is 8.70. The van der Waals surface area contributed by atoms with Gasteiger partial charge in [0.15, 0.2) is 5.16 Å². The zero-order chi connectivity index (χ0) is 25.0. The predicted octanol–water partition coefficient (Wildman–Crippen LogP) is 5.60. The molecule has 0 unspecified atom stereocenters. The van der Waals surface area contributed by atoms with Gasteiger partial charge in [0.05, 0.1) is 21.6 Å². The minimum Gasteiger partial charge on any atom is -0.481 e. The molecule has 34 heavy (non-hydrogen) atoms. The SMILES string of the molecule is CCN(CC)C(=O)c1ccc2c(c1)nc(Sc1ncc(C(F)(F)F)cc1Cl)n2CCCC(=O)O. The minimum atomic E-state index is -4.57. The number of carboxylic acids is 1. The largest absolute Gasteiger partial charge is 0.481 e. The molecule has 3 aromatic rings. The van der Waals surface area contributed by atoms with Gasteiger partial charge < -0.3 is 14.6 Å². The summed E-state index contributed by atoms with van der Waals surface area (Å²) in [5.41, 5.74) is 0.649. The molecule has 0 spiro atoms. The number of imidazole rings is 1. The fourth-order valence-electron chi connectivity index (χ4n) is 3.36. The highest BCUT2D eigenvalue weighted by atomic mass is 35.5. The lowest BCUT2D eigenvalue weighted by molar-refractivity contribution is -0.138. The highest BCUT2D eigenvalue weighted by Gasteiger charge is 2.32. The fraction of sp³-hybridized carbons (Fsp3) is 0.364. The third-order valence-electron chi connectivity index (χ3n) is 5.11. The van der Waals surface area contributed by atoms with Crippen molar-refractivity contribution in [2.45, 2.75) is 49.6 Å². The average Bonchev–Trinajstić information content (AvgIpc) is 3.11. The van der Waals surface area contributed by atoms with Crippen LogP contribution < -0.4 is 0 Å². The normalized spacial score (nSPS) is 11.7. The number of amides is 1. The van der Waals surface area contributed by atoms with E-state index in [1.165, 1.54) is 0 Å². The molecule has 0 aliphatic carbocycles. The predicted molar refractivity (Wildman–Crippen MR) is 122 cm³/mol. The van der Waals surface area contributed by atoms with E-state index < -0.39 is 17.7 Å². The van der Waals surface area contributed by atoms with E-state index in [0.29, 0.717) is 54.0 Å². The Bertz CT molecular complexity index is 1210. The van der Waals surface area contributed by atoms with Gasteiger partial charge in [0.25, 0.3) is 5.91 Å². The molecule has 0 aliphatic heterocycles. The van der Waals surface area contributed by atoms with E-state index in [-0.39, 0.29) is 22.4 Å². The Kier molecular flexibility index (Phi) is 8.09. The number of rotatable bonds is 9. The fourth-order valence-corrected chi connectivity index (χ4v) is 4.52. The molecular formula is C22H22ClF3N4O3S. The Morgan fingerprint density at radius 3 is 2.50 bits per heavy atom. The number of benzene rings is 1. The molecule has 12 heteroatoms. The maximum absolute atomic E-state index is 12.9. The number of pyridine rings is 1. The summed E-state index contributed by atoms with van der Waals surface area (Å²) in [5.74, 6) is -1.09. The molecular weight excluding hydrogens is 493 g/mol. The molecule has 2 heterocycles. The summed E-state index contributed by atoms with van der Waals surface area (Å²) >= 11 is 7.04. The average molecular weight is 515 g/mol. The lowest BCUT2D eigenvalue weighted by Crippen LogP contribution is -2.30. The Balaban J connectivity index is 2.01. The van der Waals surface area contributed by atoms with Gasteiger partial charge in [0.2, 0.25) is 0 Å². The molecule has 1 N–H and O–H groups in total. The molecule has 1 amide bonds. The summed E-state index contributed by atoms with van der Waals surface area (Å²) in [6.07, 6.45) is -3.63. The molecule has 0 radical (unpaired) electrons. The molecule has 0 fully saturated rings. The maximum atomic E-state index is 12.9. The Morgan fingerprint density at radius 1 is 1.21 bits per heavy atom. The van der Waals surface area contributed by atoms with E-state index in [9.17, 15) is 22.8 Å². The van der Waals surface area contributed by atoms with Crippen LogP contribution in [0.1, 0.15) is 42.6 Å². The van der Waals surface area contributed by atoms with Crippen LogP contribution in [-0.4, -0.2) is 49.5 Å². The molecule has 0 bridgehead atoms. The first-order valence-corrected chi connectivity index (χ1v) is 11.7. The number of fused-ring (bicyclic) bond motifs is 1. The number of carbonyl (C=O) groups is 2. The number of carbonyl (C=O) groups excluding carboxylic acids is 1. The second-order valence-electron chi connectivity index (χ2n) is 7.34. The summed E-state index contributed by atoms with van der Waals surface area (Å²) in [6, 6.07) is 5.85. The number of carboxylic acid groups (broad SMARTS) is 1. The summed E-state index contributed by atoms with van der Waals surface area (Å²) in [4.78, 5) is 33.8. The number of aliphatic carboxylic acids is 1. The van der Waals surface area contributed by atoms with Gasteiger partial charge in [-0.1, -0.05) is 11.6 Å². The molecule has 3 rings (SSSR count). The number of hydrogen-bond donors (Lipinski definition) is 1. The van der Waals surface area contributed by atoms with E-state index in [4.69, 9.17) is 16.7 Å². The maximum Gasteiger partial charge on any atom is 0.417 e. The summed E-state index contributed by atoms with van der Waals surface area (Å²) in [7, 11) is 0. The molecule has 0 atom stereocenters. The minimum absolute atomic E-state index is 0.0679. The van der Waals surface area contributed by atoms with Gasteiger partial charge >= 0.3 is 12.1 Å². The third kappa shape index (κ3) is 5.82. The van der Waals surface area contributed by atoms with Gasteiger partial charge in [0, 0.05) is 37.8 Å². The topological polar surface area (TPSA) is 88.3 Å². The van der Waals surface area contributed by atoms with Crippen molar-refractivity contribution in [3.05, 3.63) is 46.6 Å². The van der Waals surface area contributed by atoms with Gasteiger partial charge in [-0.25, -0.2) is 9.97 Å². The van der Waals surface area contributed by atoms with Gasteiger partial charge in [-0.3, -0.25) is 9.59 Å². The van der Waals surface area contributed by atoms with Crippen molar-refractivity contribution in [3.63, 3.8) is 0 Å². The molecule has 1 aromatic carbocycles. The third-order valence-corrected chi connectivity index (χ3v) is 6.52. The van der Waals surface area contributed by atoms with Crippen molar-refractivity contribution in [2.75, 3.05) is 13.1 Å². The summed E-state index contributed by atoms with van der Waals surface area (Å²) in [6.45, 7) is 5.17. The molecule has 0 saturated heterocycles. The van der Waals surface area contributed by atoms with Crippen LogP contribution in [0, 0.1) is 0 Å². The number of aryl methyl sites for hydroxylation is 1. The van der Waals surface area contributed by atoms with Crippen LogP contribution in [0.2, 0.25) is 5.02 Å². The highest BCUT2D eigenvalue weighted by Crippen LogP contribution is 2.37. The summed E-state index contributed by atoms with van der Waals surface area (Å²) in [5, 5.41) is 9.32. The number of hydrogen-bond acceptors (Lipinski definition) is 5. The van der Waals surface area contributed by atoms with E-state index in [0.717, 1.165) is 17.8 Å². The van der Waals surface area contributed by atoms with Crippen LogP contribution in [-0.2, 0) is 17.5 Å². The van der Waals surface area contributed by atoms with Crippen molar-refractivity contribution in [1.29, 1.82) is 0 Å². The van der Waals surface area contributed by atoms with Crippen LogP contribution >= 0.6 is 23.4 Å². The molecule has 182 valence electrons. The smallest absolute Gasteiger partial charge is 0.417 e. The van der Waals surface area contributed by atoms with Crippen molar-refractivity contribution in [3.8, 4) is 0 Å². The standard InChI is InChI=1S/C22H22ClF3N4O3S/c1-3-29(4-2)20(33)13-7-8-17-16(10-13)28-21(30(17)9-5-6-18(31)32)34-19-15(23)11-14(12-27-19)22(24,25)26/h7-8,10-12H,3-6,9H2,1-2H3,(H,31,32). The van der Waals surface area contributed by atoms with Crippen LogP contribution in [0.15, 0.2) is 40.6 Å². The molecule has 0 saturated carbocycles. The van der Waals surface area contributed by atoms with Crippen molar-refractivity contribution < 1.29 is 27.9 Å². The quantitative estimate of drug-likeness (QED) is 0.400. The lowest BCUT2D eigenvalue weighted by Gasteiger charge is -2.18. The zero-order valence-electron chi connectivity index (χ0n) is 18.4. The molecule has 2 aromatic heterocycles. The van der Waals surface area contributed by atoms with Crippen LogP contribution in [0.4, 0.5) is 13.2 Å². The number of aromatic nitrogens is 3. The molecule has 7 nitrogen and oxygen atoms in total. The highest BCUT2D eigenvalue weighted by molar-refractivity contribution is 7.99. The van der Waals surface area contributed by atoms with Crippen LogP contribution in [0.25, 0.3) is 11.0 Å². The van der Waals surface area contributed by atoms with Crippen LogP contribution in [0.5, 0.6) is 0 Å². The van der Waals surface area contributed by atoms with Crippen molar-refractivity contribution >= 4 is 46.3 Å². The monoisotopic (exact) mass is 514 g/mol. The Morgan fingerprint density at radius 2 is 1.91 bits per heavy atom. The van der Waals surface area contributed by atoms with E-state index >= 15 is 0 Å². The number of halogens is 4.